The van der Waals surface area contributed by atoms with Crippen molar-refractivity contribution in [3.63, 3.8) is 0 Å². The summed E-state index contributed by atoms with van der Waals surface area (Å²) in [5.74, 6) is -0.848. The number of halogens is 1. The third kappa shape index (κ3) is 4.04. The van der Waals surface area contributed by atoms with Gasteiger partial charge in [0.1, 0.15) is 5.82 Å². The number of fused-ring (bicyclic) bond motifs is 1. The highest BCUT2D eigenvalue weighted by Crippen LogP contribution is 2.47. The maximum absolute atomic E-state index is 14.1. The van der Waals surface area contributed by atoms with E-state index in [1.807, 2.05) is 91.0 Å². The van der Waals surface area contributed by atoms with Crippen LogP contribution in [-0.4, -0.2) is 21.6 Å². The first-order valence-electron chi connectivity index (χ1n) is 12.1. The van der Waals surface area contributed by atoms with Crippen LogP contribution in [0, 0.1) is 5.82 Å². The van der Waals surface area contributed by atoms with Crippen molar-refractivity contribution in [1.29, 1.82) is 0 Å². The van der Waals surface area contributed by atoms with Crippen molar-refractivity contribution in [1.82, 2.24) is 9.80 Å². The van der Waals surface area contributed by atoms with E-state index in [2.05, 4.69) is 0 Å². The lowest BCUT2D eigenvalue weighted by atomic mass is 10.0. The van der Waals surface area contributed by atoms with E-state index >= 15 is 0 Å². The Morgan fingerprint density at radius 1 is 0.486 bits per heavy atom. The van der Waals surface area contributed by atoms with Crippen LogP contribution < -0.4 is 0 Å². The van der Waals surface area contributed by atoms with Gasteiger partial charge < -0.3 is 9.80 Å². The maximum Gasteiger partial charge on any atom is 0.261 e. The second-order valence-corrected chi connectivity index (χ2v) is 9.07. The minimum atomic E-state index is -0.377. The van der Waals surface area contributed by atoms with Gasteiger partial charge in [-0.25, -0.2) is 4.39 Å². The molecule has 37 heavy (non-hydrogen) atoms. The van der Waals surface area contributed by atoms with Gasteiger partial charge in [0.25, 0.3) is 11.8 Å². The van der Waals surface area contributed by atoms with Crippen molar-refractivity contribution < 1.29 is 14.0 Å². The quantitative estimate of drug-likeness (QED) is 0.334. The Bertz CT molecular complexity index is 1540. The Hall–Kier alpha value is -4.77. The van der Waals surface area contributed by atoms with Gasteiger partial charge in [0, 0.05) is 0 Å². The summed E-state index contributed by atoms with van der Waals surface area (Å²) in [4.78, 5) is 31.6. The minimum Gasteiger partial charge on any atom is -0.302 e. The molecular weight excluding hydrogens is 463 g/mol. The largest absolute Gasteiger partial charge is 0.302 e. The fraction of sp³-hybridized carbons (Fsp3) is 0.0625. The number of benzene rings is 4. The van der Waals surface area contributed by atoms with Crippen molar-refractivity contribution in [2.24, 2.45) is 0 Å². The van der Waals surface area contributed by atoms with Crippen molar-refractivity contribution >= 4 is 23.2 Å². The first kappa shape index (κ1) is 22.7. The summed E-state index contributed by atoms with van der Waals surface area (Å²) in [7, 11) is 0. The van der Waals surface area contributed by atoms with E-state index < -0.39 is 0 Å². The Labute approximate surface area is 214 Å². The summed E-state index contributed by atoms with van der Waals surface area (Å²) in [5.41, 5.74) is 5.18. The SMILES string of the molecule is O=C1C2=C(c3ccc(F)cc3)N(Cc3ccccc3)C(=O)C2=C(c2ccccc2)N1Cc1ccccc1. The van der Waals surface area contributed by atoms with Crippen molar-refractivity contribution in [3.8, 4) is 0 Å². The smallest absolute Gasteiger partial charge is 0.261 e. The molecule has 5 heteroatoms. The van der Waals surface area contributed by atoms with Crippen LogP contribution in [-0.2, 0) is 22.7 Å². The highest BCUT2D eigenvalue weighted by Gasteiger charge is 2.48. The van der Waals surface area contributed by atoms with E-state index in [0.29, 0.717) is 41.2 Å². The lowest BCUT2D eigenvalue weighted by molar-refractivity contribution is -0.124. The summed E-state index contributed by atoms with van der Waals surface area (Å²) >= 11 is 0. The van der Waals surface area contributed by atoms with Crippen LogP contribution in [0.25, 0.3) is 11.4 Å². The number of hydrogen-bond donors (Lipinski definition) is 0. The van der Waals surface area contributed by atoms with Gasteiger partial charge in [-0.15, -0.1) is 0 Å². The van der Waals surface area contributed by atoms with Gasteiger partial charge in [-0.05, 0) is 46.5 Å². The molecule has 0 saturated heterocycles. The summed E-state index contributed by atoms with van der Waals surface area (Å²) < 4.78 is 13.8. The fourth-order valence-electron chi connectivity index (χ4n) is 5.03. The van der Waals surface area contributed by atoms with Gasteiger partial charge in [-0.2, -0.15) is 0 Å². The lowest BCUT2D eigenvalue weighted by Crippen LogP contribution is -2.29. The molecule has 6 rings (SSSR count). The molecular formula is C32H23FN2O2. The highest BCUT2D eigenvalue weighted by atomic mass is 19.1. The van der Waals surface area contributed by atoms with Gasteiger partial charge in [0.05, 0.1) is 35.6 Å². The van der Waals surface area contributed by atoms with E-state index in [-0.39, 0.29) is 17.6 Å². The molecule has 2 amide bonds. The average Bonchev–Trinajstić information content (AvgIpc) is 3.37. The molecule has 0 N–H and O–H groups in total. The third-order valence-electron chi connectivity index (χ3n) is 6.71. The molecule has 2 aliphatic heterocycles. The molecule has 0 bridgehead atoms. The number of nitrogens with zero attached hydrogens (tertiary/aromatic N) is 2. The van der Waals surface area contributed by atoms with E-state index in [0.717, 1.165) is 16.7 Å². The zero-order valence-corrected chi connectivity index (χ0v) is 20.0. The standard InChI is InChI=1S/C32H23FN2O2/c33-26-18-16-25(17-19-26)30-28-27(31(36)35(30)21-23-12-6-2-7-13-23)29(24-14-8-3-9-15-24)34(32(28)37)20-22-10-4-1-5-11-22/h1-19H,20-21H2. The fourth-order valence-corrected chi connectivity index (χ4v) is 5.03. The van der Waals surface area contributed by atoms with Crippen LogP contribution in [0.5, 0.6) is 0 Å². The van der Waals surface area contributed by atoms with E-state index in [1.165, 1.54) is 12.1 Å². The average molecular weight is 487 g/mol. The van der Waals surface area contributed by atoms with Crippen LogP contribution >= 0.6 is 0 Å². The van der Waals surface area contributed by atoms with Crippen molar-refractivity contribution in [3.05, 3.63) is 154 Å². The van der Waals surface area contributed by atoms with Gasteiger partial charge in [0.15, 0.2) is 0 Å². The number of carbonyl (C=O) groups is 2. The second kappa shape index (κ2) is 9.36. The van der Waals surface area contributed by atoms with Crippen molar-refractivity contribution in [2.45, 2.75) is 13.1 Å². The molecule has 0 spiro atoms. The molecule has 4 aromatic carbocycles. The van der Waals surface area contributed by atoms with Gasteiger partial charge >= 0.3 is 0 Å². The van der Waals surface area contributed by atoms with Crippen LogP contribution in [0.3, 0.4) is 0 Å². The van der Waals surface area contributed by atoms with E-state index in [9.17, 15) is 14.0 Å². The third-order valence-corrected chi connectivity index (χ3v) is 6.71. The molecule has 0 aromatic heterocycles. The highest BCUT2D eigenvalue weighted by molar-refractivity contribution is 6.30. The molecule has 180 valence electrons. The second-order valence-electron chi connectivity index (χ2n) is 9.07. The van der Waals surface area contributed by atoms with E-state index in [1.54, 1.807) is 21.9 Å². The molecule has 0 saturated carbocycles. The van der Waals surface area contributed by atoms with Crippen LogP contribution in [0.15, 0.2) is 126 Å². The molecule has 0 radical (unpaired) electrons. The molecule has 0 atom stereocenters. The van der Waals surface area contributed by atoms with Gasteiger partial charge in [0.2, 0.25) is 0 Å². The summed E-state index contributed by atoms with van der Waals surface area (Å²) in [5, 5.41) is 0. The topological polar surface area (TPSA) is 40.6 Å². The van der Waals surface area contributed by atoms with Gasteiger partial charge in [-0.1, -0.05) is 91.0 Å². The zero-order chi connectivity index (χ0) is 25.4. The first-order chi connectivity index (χ1) is 18.1. The Balaban J connectivity index is 1.57. The predicted molar refractivity (Wildman–Crippen MR) is 141 cm³/mol. The normalized spacial score (nSPS) is 15.2. The molecule has 4 nitrogen and oxygen atoms in total. The zero-order valence-electron chi connectivity index (χ0n) is 20.0. The van der Waals surface area contributed by atoms with Crippen molar-refractivity contribution in [2.75, 3.05) is 0 Å². The maximum atomic E-state index is 14.1. The summed E-state index contributed by atoms with van der Waals surface area (Å²) in [6.45, 7) is 0.632. The number of rotatable bonds is 6. The summed E-state index contributed by atoms with van der Waals surface area (Å²) in [6.07, 6.45) is 0. The lowest BCUT2D eigenvalue weighted by Gasteiger charge is -2.25. The van der Waals surface area contributed by atoms with E-state index in [4.69, 9.17) is 0 Å². The molecule has 0 aliphatic carbocycles. The van der Waals surface area contributed by atoms with Crippen LogP contribution in [0.2, 0.25) is 0 Å². The Morgan fingerprint density at radius 2 is 0.865 bits per heavy atom. The Morgan fingerprint density at radius 3 is 1.30 bits per heavy atom. The number of hydrogen-bond acceptors (Lipinski definition) is 2. The van der Waals surface area contributed by atoms with Crippen LogP contribution in [0.1, 0.15) is 22.3 Å². The van der Waals surface area contributed by atoms with Gasteiger partial charge in [-0.3, -0.25) is 9.59 Å². The Kier molecular flexibility index (Phi) is 5.73. The molecule has 0 unspecified atom stereocenters. The minimum absolute atomic E-state index is 0.235. The number of amides is 2. The summed E-state index contributed by atoms with van der Waals surface area (Å²) in [6, 6.07) is 34.9. The molecule has 2 heterocycles. The molecule has 4 aromatic rings. The predicted octanol–water partition coefficient (Wildman–Crippen LogP) is 6.03. The molecule has 2 aliphatic rings. The number of carbonyl (C=O) groups excluding carboxylic acids is 2. The first-order valence-corrected chi connectivity index (χ1v) is 12.1. The molecule has 0 fully saturated rings. The monoisotopic (exact) mass is 486 g/mol. The van der Waals surface area contributed by atoms with Crippen LogP contribution in [0.4, 0.5) is 4.39 Å².